The third-order valence-corrected chi connectivity index (χ3v) is 11.3. The molecule has 4 saturated carbocycles. The van der Waals surface area contributed by atoms with Gasteiger partial charge in [-0.15, -0.1) is 0 Å². The van der Waals surface area contributed by atoms with Gasteiger partial charge >= 0.3 is 0 Å². The largest absolute Gasteiger partial charge is 0.361 e. The summed E-state index contributed by atoms with van der Waals surface area (Å²) in [7, 11) is 0. The number of para-hydroxylation sites is 1. The van der Waals surface area contributed by atoms with Crippen LogP contribution in [0.15, 0.2) is 30.5 Å². The average Bonchev–Trinajstić information content (AvgIpc) is 3.35. The maximum Gasteiger partial charge on any atom is 0.133 e. The highest BCUT2D eigenvalue weighted by atomic mass is 16.1. The summed E-state index contributed by atoms with van der Waals surface area (Å²) in [5.74, 6) is 3.15. The number of hydrogen-bond donors (Lipinski definition) is 1. The van der Waals surface area contributed by atoms with Crippen LogP contribution in [0.1, 0.15) is 84.1 Å². The van der Waals surface area contributed by atoms with E-state index in [0.29, 0.717) is 35.7 Å². The van der Waals surface area contributed by atoms with Crippen LogP contribution in [0.25, 0.3) is 10.9 Å². The van der Waals surface area contributed by atoms with Gasteiger partial charge in [-0.3, -0.25) is 9.59 Å². The van der Waals surface area contributed by atoms with Crippen molar-refractivity contribution < 1.29 is 9.59 Å². The van der Waals surface area contributed by atoms with Crippen molar-refractivity contribution in [1.29, 1.82) is 0 Å². The number of carbonyl (C=O) groups excluding carboxylic acids is 2. The Bertz CT molecular complexity index is 1100. The quantitative estimate of drug-likeness (QED) is 0.582. The van der Waals surface area contributed by atoms with E-state index < -0.39 is 0 Å². The molecule has 0 spiro atoms. The van der Waals surface area contributed by atoms with Gasteiger partial charge in [-0.25, -0.2) is 0 Å². The molecule has 0 saturated heterocycles. The first-order chi connectivity index (χ1) is 15.3. The molecule has 0 radical (unpaired) electrons. The minimum absolute atomic E-state index is 0.0601. The van der Waals surface area contributed by atoms with Gasteiger partial charge in [-0.1, -0.05) is 32.0 Å². The highest BCUT2D eigenvalue weighted by Gasteiger charge is 2.65. The van der Waals surface area contributed by atoms with E-state index in [0.717, 1.165) is 25.7 Å². The molecule has 0 amide bonds. The summed E-state index contributed by atoms with van der Waals surface area (Å²) < 4.78 is 0. The van der Waals surface area contributed by atoms with Crippen LogP contribution in [0.3, 0.4) is 0 Å². The second kappa shape index (κ2) is 6.81. The molecule has 0 bridgehead atoms. The van der Waals surface area contributed by atoms with Crippen LogP contribution in [0, 0.1) is 34.5 Å². The number of benzene rings is 1. The van der Waals surface area contributed by atoms with Crippen molar-refractivity contribution in [2.75, 3.05) is 0 Å². The molecule has 3 nitrogen and oxygen atoms in total. The van der Waals surface area contributed by atoms with E-state index in [4.69, 9.17) is 0 Å². The van der Waals surface area contributed by atoms with Gasteiger partial charge in [0.2, 0.25) is 0 Å². The second-order valence-corrected chi connectivity index (χ2v) is 12.2. The van der Waals surface area contributed by atoms with E-state index in [-0.39, 0.29) is 22.2 Å². The van der Waals surface area contributed by atoms with Gasteiger partial charge in [0.05, 0.1) is 0 Å². The molecule has 4 fully saturated rings. The van der Waals surface area contributed by atoms with Crippen molar-refractivity contribution in [3.8, 4) is 0 Å². The zero-order valence-corrected chi connectivity index (χ0v) is 19.9. The minimum atomic E-state index is -0.0601. The normalized spacial score (nSPS) is 43.5. The molecular formula is C29H37NO2. The average molecular weight is 432 g/mol. The molecule has 4 aliphatic carbocycles. The van der Waals surface area contributed by atoms with E-state index in [1.54, 1.807) is 0 Å². The molecule has 7 atom stereocenters. The standard InChI is InChI=1S/C29H37NO2/c1-18(31)22-8-9-23-20-11-15-29(25-17-30-26-7-5-4-6-21(25)26)16-19(32)10-14-28(29,3)24(20)12-13-27(22,23)2/h4-7,17,20,22-24,30H,8-16H2,1-3H3/t20-,22+,23-,24-,27+,28+,29-/m0/s1. The van der Waals surface area contributed by atoms with Crippen molar-refractivity contribution in [1.82, 2.24) is 4.98 Å². The van der Waals surface area contributed by atoms with Crippen LogP contribution < -0.4 is 0 Å². The first-order valence-electron chi connectivity index (χ1n) is 12.9. The van der Waals surface area contributed by atoms with Crippen LogP contribution >= 0.6 is 0 Å². The number of aromatic amines is 1. The van der Waals surface area contributed by atoms with Gasteiger partial charge in [0.25, 0.3) is 0 Å². The number of H-pyrrole nitrogens is 1. The van der Waals surface area contributed by atoms with Gasteiger partial charge in [-0.2, -0.15) is 0 Å². The minimum Gasteiger partial charge on any atom is -0.361 e. The summed E-state index contributed by atoms with van der Waals surface area (Å²) >= 11 is 0. The topological polar surface area (TPSA) is 49.9 Å². The van der Waals surface area contributed by atoms with E-state index in [1.807, 2.05) is 6.92 Å². The zero-order chi connectivity index (χ0) is 22.3. The second-order valence-electron chi connectivity index (χ2n) is 12.2. The van der Waals surface area contributed by atoms with Crippen LogP contribution in [-0.4, -0.2) is 16.6 Å². The molecule has 0 unspecified atom stereocenters. The number of fused-ring (bicyclic) bond motifs is 6. The van der Waals surface area contributed by atoms with E-state index in [1.165, 1.54) is 42.1 Å². The summed E-state index contributed by atoms with van der Waals surface area (Å²) in [5, 5.41) is 1.31. The molecule has 1 aromatic carbocycles. The number of rotatable bonds is 2. The summed E-state index contributed by atoms with van der Waals surface area (Å²) in [5.41, 5.74) is 2.85. The monoisotopic (exact) mass is 431 g/mol. The zero-order valence-electron chi connectivity index (χ0n) is 19.9. The number of Topliss-reactive ketones (excluding diaryl/α,β-unsaturated/α-hetero) is 2. The van der Waals surface area contributed by atoms with Gasteiger partial charge < -0.3 is 4.98 Å². The molecule has 170 valence electrons. The van der Waals surface area contributed by atoms with E-state index in [2.05, 4.69) is 49.3 Å². The maximum atomic E-state index is 13.0. The van der Waals surface area contributed by atoms with Gasteiger partial charge in [0, 0.05) is 41.3 Å². The Morgan fingerprint density at radius 1 is 1.00 bits per heavy atom. The summed E-state index contributed by atoms with van der Waals surface area (Å²) in [6.45, 7) is 6.79. The highest BCUT2D eigenvalue weighted by Crippen LogP contribution is 2.71. The Kier molecular flexibility index (Phi) is 4.40. The van der Waals surface area contributed by atoms with Crippen molar-refractivity contribution >= 4 is 22.5 Å². The third kappa shape index (κ3) is 2.49. The summed E-state index contributed by atoms with van der Waals surface area (Å²) in [4.78, 5) is 29.0. The predicted molar refractivity (Wildman–Crippen MR) is 127 cm³/mol. The number of nitrogens with one attached hydrogen (secondary N) is 1. The number of hydrogen-bond acceptors (Lipinski definition) is 2. The molecular weight excluding hydrogens is 394 g/mol. The van der Waals surface area contributed by atoms with Crippen molar-refractivity contribution in [3.63, 3.8) is 0 Å². The molecule has 32 heavy (non-hydrogen) atoms. The highest BCUT2D eigenvalue weighted by molar-refractivity contribution is 5.88. The molecule has 1 N–H and O–H groups in total. The fraction of sp³-hybridized carbons (Fsp3) is 0.655. The molecule has 6 rings (SSSR count). The fourth-order valence-electron chi connectivity index (χ4n) is 9.75. The lowest BCUT2D eigenvalue weighted by Gasteiger charge is -2.65. The predicted octanol–water partition coefficient (Wildman–Crippen LogP) is 6.61. The molecule has 1 heterocycles. The van der Waals surface area contributed by atoms with Gasteiger partial charge in [0.15, 0.2) is 0 Å². The summed E-state index contributed by atoms with van der Waals surface area (Å²) in [6.07, 6.45) is 11.7. The number of aromatic nitrogens is 1. The Labute approximate surface area is 191 Å². The molecule has 2 aromatic rings. The smallest absolute Gasteiger partial charge is 0.133 e. The number of ketones is 2. The van der Waals surface area contributed by atoms with Gasteiger partial charge in [-0.05, 0) is 92.1 Å². The molecule has 0 aliphatic heterocycles. The lowest BCUT2D eigenvalue weighted by atomic mass is 9.39. The van der Waals surface area contributed by atoms with Crippen LogP contribution in [0.5, 0.6) is 0 Å². The van der Waals surface area contributed by atoms with Crippen molar-refractivity contribution in [3.05, 3.63) is 36.0 Å². The Balaban J connectivity index is 1.45. The Morgan fingerprint density at radius 3 is 2.62 bits per heavy atom. The van der Waals surface area contributed by atoms with Crippen LogP contribution in [-0.2, 0) is 15.0 Å². The first-order valence-corrected chi connectivity index (χ1v) is 12.9. The van der Waals surface area contributed by atoms with Crippen molar-refractivity contribution in [2.24, 2.45) is 34.5 Å². The van der Waals surface area contributed by atoms with E-state index in [9.17, 15) is 9.59 Å². The number of carbonyl (C=O) groups is 2. The third-order valence-electron chi connectivity index (χ3n) is 11.3. The lowest BCUT2D eigenvalue weighted by Crippen LogP contribution is -2.60. The Morgan fingerprint density at radius 2 is 1.81 bits per heavy atom. The fourth-order valence-corrected chi connectivity index (χ4v) is 9.75. The van der Waals surface area contributed by atoms with E-state index >= 15 is 0 Å². The SMILES string of the molecule is CC(=O)[C@H]1CC[C@H]2[C@@H]3CC[C@@]4(c5c[nH]c6ccccc56)CC(=O)CC[C@]4(C)[C@H]3CC[C@]12C. The van der Waals surface area contributed by atoms with Crippen LogP contribution in [0.2, 0.25) is 0 Å². The molecule has 4 aliphatic rings. The molecule has 3 heteroatoms. The Hall–Kier alpha value is -1.90. The molecule has 1 aromatic heterocycles. The van der Waals surface area contributed by atoms with Gasteiger partial charge in [0.1, 0.15) is 11.6 Å². The first kappa shape index (κ1) is 20.7. The maximum absolute atomic E-state index is 13.0. The van der Waals surface area contributed by atoms with Crippen molar-refractivity contribution in [2.45, 2.75) is 84.0 Å². The summed E-state index contributed by atoms with van der Waals surface area (Å²) in [6, 6.07) is 8.63. The lowest BCUT2D eigenvalue weighted by molar-refractivity contribution is -0.149. The van der Waals surface area contributed by atoms with Crippen LogP contribution in [0.4, 0.5) is 0 Å².